The molecule has 0 aromatic rings. The van der Waals surface area contributed by atoms with Gasteiger partial charge in [-0.3, -0.25) is 4.79 Å². The third kappa shape index (κ3) is 3.53. The molecular weight excluding hydrogens is 268 g/mol. The zero-order chi connectivity index (χ0) is 15.3. The maximum Gasteiger partial charge on any atom is 0.245 e. The lowest BCUT2D eigenvalue weighted by Gasteiger charge is -2.45. The molecule has 0 bridgehead atoms. The molecule has 1 saturated heterocycles. The first-order chi connectivity index (χ1) is 9.38. The average Bonchev–Trinajstić information content (AvgIpc) is 2.45. The van der Waals surface area contributed by atoms with E-state index in [0.29, 0.717) is 13.0 Å². The van der Waals surface area contributed by atoms with Crippen LogP contribution < -0.4 is 11.5 Å². The minimum absolute atomic E-state index is 0.0190. The zero-order valence-corrected chi connectivity index (χ0v) is 11.3. The van der Waals surface area contributed by atoms with Gasteiger partial charge in [0.05, 0.1) is 12.6 Å². The van der Waals surface area contributed by atoms with Gasteiger partial charge in [-0.25, -0.2) is 0 Å². The van der Waals surface area contributed by atoms with Crippen LogP contribution in [0.1, 0.15) is 25.7 Å². The summed E-state index contributed by atoms with van der Waals surface area (Å²) in [6.07, 6.45) is -2.26. The predicted octanol–water partition coefficient (Wildman–Crippen LogP) is -2.80. The van der Waals surface area contributed by atoms with E-state index in [9.17, 15) is 20.1 Å². The normalized spacial score (nSPS) is 37.9. The number of ketones is 1. The fourth-order valence-corrected chi connectivity index (χ4v) is 2.23. The lowest BCUT2D eigenvalue weighted by atomic mass is 9.87. The van der Waals surface area contributed by atoms with Gasteiger partial charge in [-0.15, -0.1) is 0 Å². The fourth-order valence-electron chi connectivity index (χ4n) is 2.23. The summed E-state index contributed by atoms with van der Waals surface area (Å²) in [7, 11) is 0. The summed E-state index contributed by atoms with van der Waals surface area (Å²) in [6, 6.07) is -1.47. The minimum atomic E-state index is -2.39. The number of rotatable bonds is 7. The Labute approximate surface area is 117 Å². The Morgan fingerprint density at radius 3 is 2.40 bits per heavy atom. The van der Waals surface area contributed by atoms with Crippen LogP contribution in [0.2, 0.25) is 0 Å². The maximum atomic E-state index is 12.0. The van der Waals surface area contributed by atoms with Crippen molar-refractivity contribution in [1.82, 2.24) is 0 Å². The number of hydrogen-bond donors (Lipinski definition) is 6. The van der Waals surface area contributed by atoms with Crippen molar-refractivity contribution in [2.75, 3.05) is 13.2 Å². The third-order valence-electron chi connectivity index (χ3n) is 3.57. The smallest absolute Gasteiger partial charge is 0.245 e. The van der Waals surface area contributed by atoms with Gasteiger partial charge in [-0.1, -0.05) is 6.42 Å². The number of hydrogen-bond acceptors (Lipinski definition) is 8. The highest BCUT2D eigenvalue weighted by Gasteiger charge is 2.55. The highest BCUT2D eigenvalue weighted by molar-refractivity contribution is 5.86. The van der Waals surface area contributed by atoms with Crippen LogP contribution in [0.3, 0.4) is 0 Å². The van der Waals surface area contributed by atoms with E-state index in [1.54, 1.807) is 0 Å². The van der Waals surface area contributed by atoms with E-state index >= 15 is 0 Å². The van der Waals surface area contributed by atoms with Gasteiger partial charge in [0.25, 0.3) is 0 Å². The number of nitrogens with two attached hydrogens (primary N) is 2. The number of carbonyl (C=O) groups is 1. The Morgan fingerprint density at radius 1 is 1.20 bits per heavy atom. The molecule has 0 amide bonds. The molecule has 1 aliphatic heterocycles. The van der Waals surface area contributed by atoms with Crippen molar-refractivity contribution in [2.24, 2.45) is 11.5 Å². The number of Topliss-reactive ketones (excluding diaryl/α,β-unsaturated/α-hetero) is 1. The number of unbranched alkanes of at least 4 members (excludes halogenated alkanes) is 2. The van der Waals surface area contributed by atoms with Crippen LogP contribution in [0.4, 0.5) is 0 Å². The van der Waals surface area contributed by atoms with Crippen LogP contribution in [-0.2, 0) is 9.53 Å². The molecular formula is C12H24N2O6. The molecule has 1 heterocycles. The summed E-state index contributed by atoms with van der Waals surface area (Å²) in [5.41, 5.74) is 10.9. The van der Waals surface area contributed by atoms with Gasteiger partial charge in [-0.2, -0.15) is 0 Å². The molecule has 0 aromatic carbocycles. The topological polar surface area (TPSA) is 159 Å². The fraction of sp³-hybridized carbons (Fsp3) is 0.917. The molecule has 1 unspecified atom stereocenters. The van der Waals surface area contributed by atoms with Gasteiger partial charge < -0.3 is 36.6 Å². The Balaban J connectivity index is 2.71. The Kier molecular flexibility index (Phi) is 6.46. The quantitative estimate of drug-likeness (QED) is 0.274. The average molecular weight is 292 g/mol. The first-order valence-corrected chi connectivity index (χ1v) is 6.74. The van der Waals surface area contributed by atoms with Gasteiger partial charge >= 0.3 is 0 Å². The van der Waals surface area contributed by atoms with Gasteiger partial charge in [0.15, 0.2) is 5.78 Å². The summed E-state index contributed by atoms with van der Waals surface area (Å²) in [6.45, 7) is -0.125. The lowest BCUT2D eigenvalue weighted by molar-refractivity contribution is -0.297. The molecule has 1 fully saturated rings. The second-order valence-electron chi connectivity index (χ2n) is 5.06. The van der Waals surface area contributed by atoms with Crippen molar-refractivity contribution < 1.29 is 30.0 Å². The highest BCUT2D eigenvalue weighted by atomic mass is 16.7. The summed E-state index contributed by atoms with van der Waals surface area (Å²) >= 11 is 0. The highest BCUT2D eigenvalue weighted by Crippen LogP contribution is 2.29. The predicted molar refractivity (Wildman–Crippen MR) is 69.4 cm³/mol. The molecule has 0 saturated carbocycles. The van der Waals surface area contributed by atoms with E-state index in [1.165, 1.54) is 0 Å². The lowest BCUT2D eigenvalue weighted by Crippen LogP contribution is -2.71. The molecule has 8 N–H and O–H groups in total. The molecule has 5 atom stereocenters. The SMILES string of the molecule is NCCCCCC(=O)C1(O)O[C@H](CO)[C@H](O)[C@H](O)[C@H]1N. The Bertz CT molecular complexity index is 327. The van der Waals surface area contributed by atoms with Crippen LogP contribution in [0, 0.1) is 0 Å². The summed E-state index contributed by atoms with van der Waals surface area (Å²) < 4.78 is 5.03. The van der Waals surface area contributed by atoms with E-state index in [4.69, 9.17) is 21.3 Å². The number of carbonyl (C=O) groups excluding carboxylic acids is 1. The van der Waals surface area contributed by atoms with E-state index < -0.39 is 42.5 Å². The first kappa shape index (κ1) is 17.4. The second-order valence-corrected chi connectivity index (χ2v) is 5.06. The molecule has 1 rings (SSSR count). The molecule has 0 radical (unpaired) electrons. The molecule has 20 heavy (non-hydrogen) atoms. The summed E-state index contributed by atoms with van der Waals surface area (Å²) in [4.78, 5) is 12.0. The molecule has 0 aliphatic carbocycles. The molecule has 8 nitrogen and oxygen atoms in total. The molecule has 8 heteroatoms. The summed E-state index contributed by atoms with van der Waals surface area (Å²) in [5, 5.41) is 38.7. The maximum absolute atomic E-state index is 12.0. The van der Waals surface area contributed by atoms with Crippen molar-refractivity contribution in [1.29, 1.82) is 0 Å². The van der Waals surface area contributed by atoms with Crippen LogP contribution >= 0.6 is 0 Å². The van der Waals surface area contributed by atoms with Crippen molar-refractivity contribution in [3.8, 4) is 0 Å². The molecule has 118 valence electrons. The van der Waals surface area contributed by atoms with Crippen LogP contribution in [0.5, 0.6) is 0 Å². The van der Waals surface area contributed by atoms with Crippen molar-refractivity contribution in [3.63, 3.8) is 0 Å². The van der Waals surface area contributed by atoms with Gasteiger partial charge in [-0.05, 0) is 19.4 Å². The largest absolute Gasteiger partial charge is 0.394 e. The monoisotopic (exact) mass is 292 g/mol. The molecule has 0 aromatic heterocycles. The number of aliphatic hydroxyl groups excluding tert-OH is 3. The van der Waals surface area contributed by atoms with Crippen LogP contribution in [-0.4, -0.2) is 69.5 Å². The van der Waals surface area contributed by atoms with Crippen molar-refractivity contribution in [2.45, 2.75) is 55.8 Å². The number of aliphatic hydroxyl groups is 4. The third-order valence-corrected chi connectivity index (χ3v) is 3.57. The first-order valence-electron chi connectivity index (χ1n) is 6.74. The van der Waals surface area contributed by atoms with Crippen LogP contribution in [0.25, 0.3) is 0 Å². The van der Waals surface area contributed by atoms with Gasteiger partial charge in [0, 0.05) is 6.42 Å². The Morgan fingerprint density at radius 2 is 1.85 bits per heavy atom. The summed E-state index contributed by atoms with van der Waals surface area (Å²) in [5.74, 6) is -3.07. The van der Waals surface area contributed by atoms with E-state index in [1.807, 2.05) is 0 Å². The van der Waals surface area contributed by atoms with E-state index in [0.717, 1.165) is 12.8 Å². The van der Waals surface area contributed by atoms with Gasteiger partial charge in [0.2, 0.25) is 5.79 Å². The van der Waals surface area contributed by atoms with Crippen LogP contribution in [0.15, 0.2) is 0 Å². The zero-order valence-electron chi connectivity index (χ0n) is 11.3. The van der Waals surface area contributed by atoms with E-state index in [-0.39, 0.29) is 6.42 Å². The Hall–Kier alpha value is -0.610. The van der Waals surface area contributed by atoms with Crippen molar-refractivity contribution >= 4 is 5.78 Å². The van der Waals surface area contributed by atoms with Gasteiger partial charge in [0.1, 0.15) is 18.3 Å². The molecule has 1 aliphatic rings. The standard InChI is InChI=1S/C12H24N2O6/c13-5-3-1-2-4-8(16)12(19)11(14)10(18)9(17)7(6-15)20-12/h7,9-11,15,17-19H,1-6,13-14H2/t7-,9+,10+,11-,12?/m1/s1. The second kappa shape index (κ2) is 7.41. The molecule has 0 spiro atoms. The van der Waals surface area contributed by atoms with Crippen molar-refractivity contribution in [3.05, 3.63) is 0 Å². The minimum Gasteiger partial charge on any atom is -0.394 e. The number of ether oxygens (including phenoxy) is 1. The van der Waals surface area contributed by atoms with E-state index in [2.05, 4.69) is 0 Å².